The van der Waals surface area contributed by atoms with Gasteiger partial charge in [-0.05, 0) is 49.3 Å². The predicted octanol–water partition coefficient (Wildman–Crippen LogP) is 3.73. The molecule has 8 nitrogen and oxygen atoms in total. The van der Waals surface area contributed by atoms with Crippen LogP contribution in [-0.2, 0) is 0 Å². The first-order valence-corrected chi connectivity index (χ1v) is 10.6. The van der Waals surface area contributed by atoms with Crippen LogP contribution in [0.1, 0.15) is 25.7 Å². The number of anilines is 3. The second-order valence-corrected chi connectivity index (χ2v) is 8.08. The standard InChI is InChI=1S/C20H21N7OS/c28-15-6-4-13(5-7-15)23-19-18-16(8-10-29-18)25-20(26-19)24-14-11-22-27(12-14)17-3-1-2-9-21-17/h1-3,8-13,15,28H,4-7H2,(H2,23,24,25,26). The maximum Gasteiger partial charge on any atom is 0.229 e. The molecule has 29 heavy (non-hydrogen) atoms. The summed E-state index contributed by atoms with van der Waals surface area (Å²) in [4.78, 5) is 13.7. The van der Waals surface area contributed by atoms with Crippen molar-refractivity contribution in [3.8, 4) is 5.82 Å². The number of fused-ring (bicyclic) bond motifs is 1. The number of nitrogens with one attached hydrogen (secondary N) is 2. The van der Waals surface area contributed by atoms with Crippen molar-refractivity contribution < 1.29 is 5.11 Å². The van der Waals surface area contributed by atoms with Crippen molar-refractivity contribution in [2.24, 2.45) is 0 Å². The van der Waals surface area contributed by atoms with Crippen molar-refractivity contribution in [1.29, 1.82) is 0 Å². The van der Waals surface area contributed by atoms with E-state index in [-0.39, 0.29) is 6.10 Å². The number of hydrogen-bond acceptors (Lipinski definition) is 8. The molecule has 3 N–H and O–H groups in total. The van der Waals surface area contributed by atoms with Crippen molar-refractivity contribution in [2.75, 3.05) is 10.6 Å². The van der Waals surface area contributed by atoms with E-state index >= 15 is 0 Å². The Balaban J connectivity index is 1.39. The minimum atomic E-state index is -0.173. The summed E-state index contributed by atoms with van der Waals surface area (Å²) in [7, 11) is 0. The number of aliphatic hydroxyl groups is 1. The van der Waals surface area contributed by atoms with Gasteiger partial charge in [0.2, 0.25) is 5.95 Å². The molecule has 0 amide bonds. The van der Waals surface area contributed by atoms with Crippen LogP contribution >= 0.6 is 11.3 Å². The van der Waals surface area contributed by atoms with Crippen molar-refractivity contribution >= 4 is 39.0 Å². The maximum atomic E-state index is 9.75. The third-order valence-electron chi connectivity index (χ3n) is 5.06. The smallest absolute Gasteiger partial charge is 0.229 e. The Morgan fingerprint density at radius 2 is 2.00 bits per heavy atom. The zero-order valence-corrected chi connectivity index (χ0v) is 16.5. The van der Waals surface area contributed by atoms with E-state index in [0.717, 1.165) is 53.2 Å². The molecule has 0 bridgehead atoms. The van der Waals surface area contributed by atoms with Crippen molar-refractivity contribution in [1.82, 2.24) is 24.7 Å². The van der Waals surface area contributed by atoms with Crippen LogP contribution in [0, 0.1) is 0 Å². The number of nitrogens with zero attached hydrogens (tertiary/aromatic N) is 5. The Morgan fingerprint density at radius 3 is 2.83 bits per heavy atom. The summed E-state index contributed by atoms with van der Waals surface area (Å²) in [6.07, 6.45) is 8.69. The number of pyridine rings is 1. The third-order valence-corrected chi connectivity index (χ3v) is 5.97. The first kappa shape index (κ1) is 18.0. The van der Waals surface area contributed by atoms with Gasteiger partial charge in [0.15, 0.2) is 5.82 Å². The Hall–Kier alpha value is -3.04. The molecule has 4 heterocycles. The number of aliphatic hydroxyl groups excluding tert-OH is 1. The van der Waals surface area contributed by atoms with Gasteiger partial charge in [0.25, 0.3) is 0 Å². The molecule has 5 rings (SSSR count). The fourth-order valence-electron chi connectivity index (χ4n) is 3.56. The van der Waals surface area contributed by atoms with E-state index in [1.54, 1.807) is 28.4 Å². The van der Waals surface area contributed by atoms with Crippen LogP contribution in [0.4, 0.5) is 17.5 Å². The highest BCUT2D eigenvalue weighted by Crippen LogP contribution is 2.30. The molecule has 0 aromatic carbocycles. The average Bonchev–Trinajstić information content (AvgIpc) is 3.40. The molecule has 1 aliphatic rings. The van der Waals surface area contributed by atoms with Gasteiger partial charge in [-0.15, -0.1) is 11.3 Å². The molecule has 148 valence electrons. The van der Waals surface area contributed by atoms with E-state index in [0.29, 0.717) is 12.0 Å². The molecule has 0 saturated heterocycles. The highest BCUT2D eigenvalue weighted by atomic mass is 32.1. The summed E-state index contributed by atoms with van der Waals surface area (Å²) < 4.78 is 2.75. The molecule has 0 aliphatic heterocycles. The van der Waals surface area contributed by atoms with E-state index in [9.17, 15) is 5.11 Å². The summed E-state index contributed by atoms with van der Waals surface area (Å²) in [5, 5.41) is 23.0. The van der Waals surface area contributed by atoms with Crippen molar-refractivity contribution in [2.45, 2.75) is 37.8 Å². The Morgan fingerprint density at radius 1 is 1.10 bits per heavy atom. The van der Waals surface area contributed by atoms with Gasteiger partial charge in [-0.3, -0.25) is 0 Å². The van der Waals surface area contributed by atoms with Crippen molar-refractivity contribution in [3.63, 3.8) is 0 Å². The van der Waals surface area contributed by atoms with Crippen molar-refractivity contribution in [3.05, 3.63) is 48.2 Å². The second kappa shape index (κ2) is 7.76. The van der Waals surface area contributed by atoms with Gasteiger partial charge in [-0.1, -0.05) is 6.07 Å². The lowest BCUT2D eigenvalue weighted by atomic mass is 9.93. The molecular formula is C20H21N7OS. The molecular weight excluding hydrogens is 386 g/mol. The zero-order valence-electron chi connectivity index (χ0n) is 15.7. The SMILES string of the molecule is OC1CCC(Nc2nc(Nc3cnn(-c4ccccn4)c3)nc3ccsc23)CC1. The fraction of sp³-hybridized carbons (Fsp3) is 0.300. The number of rotatable bonds is 5. The molecule has 4 aromatic rings. The summed E-state index contributed by atoms with van der Waals surface area (Å²) in [5.41, 5.74) is 1.69. The fourth-order valence-corrected chi connectivity index (χ4v) is 4.35. The largest absolute Gasteiger partial charge is 0.393 e. The van der Waals surface area contributed by atoms with Gasteiger partial charge in [-0.25, -0.2) is 14.6 Å². The quantitative estimate of drug-likeness (QED) is 0.463. The molecule has 1 aliphatic carbocycles. The van der Waals surface area contributed by atoms with Crippen LogP contribution in [0.15, 0.2) is 48.2 Å². The van der Waals surface area contributed by atoms with E-state index in [1.807, 2.05) is 35.8 Å². The maximum absolute atomic E-state index is 9.75. The molecule has 0 unspecified atom stereocenters. The van der Waals surface area contributed by atoms with E-state index < -0.39 is 0 Å². The van der Waals surface area contributed by atoms with E-state index in [2.05, 4.69) is 25.7 Å². The van der Waals surface area contributed by atoms with E-state index in [4.69, 9.17) is 4.98 Å². The molecule has 0 radical (unpaired) electrons. The highest BCUT2D eigenvalue weighted by Gasteiger charge is 2.21. The van der Waals surface area contributed by atoms with Gasteiger partial charge < -0.3 is 15.7 Å². The molecule has 0 spiro atoms. The van der Waals surface area contributed by atoms with Gasteiger partial charge in [0.05, 0.1) is 34.4 Å². The van der Waals surface area contributed by atoms with Gasteiger partial charge in [0, 0.05) is 12.2 Å². The third kappa shape index (κ3) is 3.92. The van der Waals surface area contributed by atoms with E-state index in [1.165, 1.54) is 0 Å². The first-order chi connectivity index (χ1) is 14.2. The Labute approximate surface area is 171 Å². The monoisotopic (exact) mass is 407 g/mol. The molecule has 9 heteroatoms. The Bertz CT molecular complexity index is 1100. The van der Waals surface area contributed by atoms with Gasteiger partial charge >= 0.3 is 0 Å². The average molecular weight is 408 g/mol. The van der Waals surface area contributed by atoms with Crippen LogP contribution in [-0.4, -0.2) is 42.0 Å². The summed E-state index contributed by atoms with van der Waals surface area (Å²) in [6, 6.07) is 8.01. The molecule has 1 saturated carbocycles. The lowest BCUT2D eigenvalue weighted by Crippen LogP contribution is -2.28. The van der Waals surface area contributed by atoms with Crippen LogP contribution in [0.2, 0.25) is 0 Å². The lowest BCUT2D eigenvalue weighted by molar-refractivity contribution is 0.126. The van der Waals surface area contributed by atoms with Crippen LogP contribution < -0.4 is 10.6 Å². The molecule has 1 fully saturated rings. The number of hydrogen-bond donors (Lipinski definition) is 3. The number of aromatic nitrogens is 5. The molecule has 0 atom stereocenters. The van der Waals surface area contributed by atoms with Crippen LogP contribution in [0.3, 0.4) is 0 Å². The molecule has 4 aromatic heterocycles. The lowest BCUT2D eigenvalue weighted by Gasteiger charge is -2.26. The normalized spacial score (nSPS) is 19.3. The van der Waals surface area contributed by atoms with Crippen LogP contribution in [0.5, 0.6) is 0 Å². The minimum Gasteiger partial charge on any atom is -0.393 e. The first-order valence-electron chi connectivity index (χ1n) is 9.67. The summed E-state index contributed by atoms with van der Waals surface area (Å²) in [5.74, 6) is 2.11. The van der Waals surface area contributed by atoms with Crippen LogP contribution in [0.25, 0.3) is 16.0 Å². The summed E-state index contributed by atoms with van der Waals surface area (Å²) in [6.45, 7) is 0. The van der Waals surface area contributed by atoms with Gasteiger partial charge in [0.1, 0.15) is 5.82 Å². The topological polar surface area (TPSA) is 101 Å². The van der Waals surface area contributed by atoms with Gasteiger partial charge in [-0.2, -0.15) is 10.1 Å². The summed E-state index contributed by atoms with van der Waals surface area (Å²) >= 11 is 1.63. The zero-order chi connectivity index (χ0) is 19.6. The predicted molar refractivity (Wildman–Crippen MR) is 114 cm³/mol. The highest BCUT2D eigenvalue weighted by molar-refractivity contribution is 7.17. The second-order valence-electron chi connectivity index (χ2n) is 7.17. The minimum absolute atomic E-state index is 0.173. The Kier molecular flexibility index (Phi) is 4.82. The number of thiophene rings is 1.